The number of rotatable bonds is 4. The van der Waals surface area contributed by atoms with E-state index in [1.165, 1.54) is 31.2 Å². The molecule has 3 aromatic rings. The predicted molar refractivity (Wildman–Crippen MR) is 85.7 cm³/mol. The number of esters is 1. The Hall–Kier alpha value is -3.16. The molecule has 0 fully saturated rings. The Morgan fingerprint density at radius 2 is 2.04 bits per heavy atom. The molecule has 0 saturated heterocycles. The van der Waals surface area contributed by atoms with Crippen LogP contribution in [0.2, 0.25) is 0 Å². The quantitative estimate of drug-likeness (QED) is 0.728. The highest BCUT2D eigenvalue weighted by molar-refractivity contribution is 5.99. The molecule has 0 aliphatic rings. The van der Waals surface area contributed by atoms with Gasteiger partial charge in [0.2, 0.25) is 5.76 Å². The number of halogens is 1. The molecule has 0 aliphatic carbocycles. The average Bonchev–Trinajstić information content (AvgIpc) is 3.11. The number of ether oxygens (including phenoxy) is 1. The number of aryl methyl sites for hydroxylation is 2. The van der Waals surface area contributed by atoms with Crippen LogP contribution in [0.1, 0.15) is 28.8 Å². The number of anilines is 1. The lowest BCUT2D eigenvalue weighted by Crippen LogP contribution is -2.30. The topological polar surface area (TPSA) is 94.6 Å². The Balaban J connectivity index is 1.73. The van der Waals surface area contributed by atoms with Gasteiger partial charge >= 0.3 is 5.97 Å². The summed E-state index contributed by atoms with van der Waals surface area (Å²) >= 11 is 0. The van der Waals surface area contributed by atoms with Gasteiger partial charge in [0.05, 0.1) is 0 Å². The van der Waals surface area contributed by atoms with Crippen LogP contribution in [0.25, 0.3) is 11.0 Å². The fraction of sp³-hybridized carbons (Fsp3) is 0.235. The molecule has 25 heavy (non-hydrogen) atoms. The molecule has 1 aromatic carbocycles. The van der Waals surface area contributed by atoms with Crippen molar-refractivity contribution in [2.24, 2.45) is 0 Å². The molecule has 1 atom stereocenters. The summed E-state index contributed by atoms with van der Waals surface area (Å²) in [6.45, 7) is 4.71. The highest BCUT2D eigenvalue weighted by Gasteiger charge is 2.24. The van der Waals surface area contributed by atoms with Gasteiger partial charge in [0.15, 0.2) is 11.9 Å². The lowest BCUT2D eigenvalue weighted by atomic mass is 10.1. The van der Waals surface area contributed by atoms with Gasteiger partial charge in [-0.25, -0.2) is 9.18 Å². The summed E-state index contributed by atoms with van der Waals surface area (Å²) in [5.74, 6) is -1.13. The number of hydrogen-bond acceptors (Lipinski definition) is 6. The van der Waals surface area contributed by atoms with E-state index < -0.39 is 23.8 Å². The normalized spacial score (nSPS) is 12.2. The summed E-state index contributed by atoms with van der Waals surface area (Å²) < 4.78 is 28.7. The van der Waals surface area contributed by atoms with Gasteiger partial charge in [-0.3, -0.25) is 4.79 Å². The van der Waals surface area contributed by atoms with Crippen molar-refractivity contribution in [1.29, 1.82) is 0 Å². The molecule has 130 valence electrons. The molecular weight excluding hydrogens is 331 g/mol. The van der Waals surface area contributed by atoms with Crippen LogP contribution < -0.4 is 5.32 Å². The smallest absolute Gasteiger partial charge is 0.375 e. The van der Waals surface area contributed by atoms with E-state index in [2.05, 4.69) is 10.5 Å². The van der Waals surface area contributed by atoms with Crippen LogP contribution in [0.15, 0.2) is 33.2 Å². The third-order valence-corrected chi connectivity index (χ3v) is 3.62. The predicted octanol–water partition coefficient (Wildman–Crippen LogP) is 3.36. The third-order valence-electron chi connectivity index (χ3n) is 3.62. The summed E-state index contributed by atoms with van der Waals surface area (Å²) in [7, 11) is 0. The largest absolute Gasteiger partial charge is 0.449 e. The van der Waals surface area contributed by atoms with E-state index in [1.54, 1.807) is 13.8 Å². The first-order valence-corrected chi connectivity index (χ1v) is 7.49. The van der Waals surface area contributed by atoms with E-state index in [4.69, 9.17) is 13.7 Å². The number of fused-ring (bicyclic) bond motifs is 1. The summed E-state index contributed by atoms with van der Waals surface area (Å²) in [4.78, 5) is 24.3. The second kappa shape index (κ2) is 6.39. The van der Waals surface area contributed by atoms with Crippen LogP contribution in [0.4, 0.5) is 10.2 Å². The van der Waals surface area contributed by atoms with Gasteiger partial charge in [-0.05, 0) is 39.0 Å². The number of benzene rings is 1. The first kappa shape index (κ1) is 16.7. The van der Waals surface area contributed by atoms with Gasteiger partial charge in [-0.15, -0.1) is 0 Å². The van der Waals surface area contributed by atoms with Crippen LogP contribution in [-0.4, -0.2) is 23.1 Å². The maximum Gasteiger partial charge on any atom is 0.375 e. The molecule has 1 amide bonds. The molecule has 7 nitrogen and oxygen atoms in total. The van der Waals surface area contributed by atoms with Gasteiger partial charge in [0.25, 0.3) is 5.91 Å². The van der Waals surface area contributed by atoms with E-state index >= 15 is 0 Å². The molecule has 0 aliphatic heterocycles. The van der Waals surface area contributed by atoms with Crippen molar-refractivity contribution in [3.63, 3.8) is 0 Å². The van der Waals surface area contributed by atoms with E-state index in [-0.39, 0.29) is 11.6 Å². The highest BCUT2D eigenvalue weighted by atomic mass is 19.1. The van der Waals surface area contributed by atoms with Crippen LogP contribution in [0.5, 0.6) is 0 Å². The lowest BCUT2D eigenvalue weighted by molar-refractivity contribution is -0.123. The van der Waals surface area contributed by atoms with Crippen molar-refractivity contribution in [2.45, 2.75) is 26.9 Å². The summed E-state index contributed by atoms with van der Waals surface area (Å²) in [5, 5.41) is 6.57. The van der Waals surface area contributed by atoms with Gasteiger partial charge in [0, 0.05) is 17.0 Å². The Kier molecular flexibility index (Phi) is 4.26. The van der Waals surface area contributed by atoms with Gasteiger partial charge in [0.1, 0.15) is 17.2 Å². The maximum absolute atomic E-state index is 13.3. The molecule has 2 heterocycles. The summed E-state index contributed by atoms with van der Waals surface area (Å²) in [6.07, 6.45) is -1.09. The van der Waals surface area contributed by atoms with E-state index in [0.717, 1.165) is 0 Å². The number of amides is 1. The number of carbonyl (C=O) groups excluding carboxylic acids is 2. The van der Waals surface area contributed by atoms with Crippen molar-refractivity contribution in [2.75, 3.05) is 5.32 Å². The Bertz CT molecular complexity index is 959. The van der Waals surface area contributed by atoms with Crippen molar-refractivity contribution >= 4 is 28.7 Å². The average molecular weight is 346 g/mol. The Morgan fingerprint density at radius 3 is 2.72 bits per heavy atom. The van der Waals surface area contributed by atoms with E-state index in [1.807, 2.05) is 0 Å². The zero-order valence-electron chi connectivity index (χ0n) is 13.8. The molecule has 0 unspecified atom stereocenters. The summed E-state index contributed by atoms with van der Waals surface area (Å²) in [6, 6.07) is 5.46. The molecule has 0 spiro atoms. The van der Waals surface area contributed by atoms with E-state index in [0.29, 0.717) is 22.3 Å². The zero-order valence-corrected chi connectivity index (χ0v) is 13.8. The highest BCUT2D eigenvalue weighted by Crippen LogP contribution is 2.26. The molecule has 8 heteroatoms. The molecule has 0 radical (unpaired) electrons. The molecule has 0 bridgehead atoms. The van der Waals surface area contributed by atoms with E-state index in [9.17, 15) is 14.0 Å². The van der Waals surface area contributed by atoms with Crippen molar-refractivity contribution in [1.82, 2.24) is 5.16 Å². The number of carbonyl (C=O) groups is 2. The van der Waals surface area contributed by atoms with Crippen LogP contribution in [0.3, 0.4) is 0 Å². The molecule has 3 rings (SSSR count). The fourth-order valence-corrected chi connectivity index (χ4v) is 2.31. The van der Waals surface area contributed by atoms with Crippen molar-refractivity contribution in [3.8, 4) is 0 Å². The monoisotopic (exact) mass is 346 g/mol. The van der Waals surface area contributed by atoms with Crippen LogP contribution >= 0.6 is 0 Å². The number of furan rings is 1. The fourth-order valence-electron chi connectivity index (χ4n) is 2.31. The first-order chi connectivity index (χ1) is 11.8. The second-order valence-electron chi connectivity index (χ2n) is 5.56. The van der Waals surface area contributed by atoms with Gasteiger partial charge in [-0.1, -0.05) is 5.16 Å². The number of nitrogens with one attached hydrogen (secondary N) is 1. The number of aromatic nitrogens is 1. The molecular formula is C17H15FN2O5. The van der Waals surface area contributed by atoms with Crippen LogP contribution in [0, 0.1) is 19.7 Å². The molecule has 2 aromatic heterocycles. The maximum atomic E-state index is 13.3. The second-order valence-corrected chi connectivity index (χ2v) is 5.56. The summed E-state index contributed by atoms with van der Waals surface area (Å²) in [5.41, 5.74) is 0.806. The minimum Gasteiger partial charge on any atom is -0.449 e. The Labute approximate surface area is 141 Å². The van der Waals surface area contributed by atoms with Gasteiger partial charge in [-0.2, -0.15) is 0 Å². The standard InChI is InChI=1S/C17H15FN2O5/c1-8-6-14(20-25-8)19-16(21)10(3)23-17(22)15-9(2)12-7-11(18)4-5-13(12)24-15/h4-7,10H,1-3H3,(H,19,20,21)/t10-/m1/s1. The number of hydrogen-bond donors (Lipinski definition) is 1. The number of nitrogens with zero attached hydrogens (tertiary/aromatic N) is 1. The SMILES string of the molecule is Cc1cc(NC(=O)[C@@H](C)OC(=O)c2oc3ccc(F)cc3c2C)no1. The lowest BCUT2D eigenvalue weighted by Gasteiger charge is -2.11. The third kappa shape index (κ3) is 3.37. The first-order valence-electron chi connectivity index (χ1n) is 7.49. The zero-order chi connectivity index (χ0) is 18.1. The van der Waals surface area contributed by atoms with Gasteiger partial charge < -0.3 is 19.0 Å². The van der Waals surface area contributed by atoms with Crippen molar-refractivity contribution < 1.29 is 27.7 Å². The minimum atomic E-state index is -1.09. The van der Waals surface area contributed by atoms with Crippen molar-refractivity contribution in [3.05, 3.63) is 47.2 Å². The minimum absolute atomic E-state index is 0.0717. The molecule has 0 saturated carbocycles. The Morgan fingerprint density at radius 1 is 1.28 bits per heavy atom. The van der Waals surface area contributed by atoms with Crippen LogP contribution in [-0.2, 0) is 9.53 Å². The molecule has 1 N–H and O–H groups in total.